The second-order valence-electron chi connectivity index (χ2n) is 6.00. The normalized spacial score (nSPS) is 14.9. The van der Waals surface area contributed by atoms with Crippen molar-refractivity contribution in [3.05, 3.63) is 46.5 Å². The second kappa shape index (κ2) is 8.22. The fourth-order valence-corrected chi connectivity index (χ4v) is 3.52. The first-order chi connectivity index (χ1) is 12.2. The molecule has 1 aliphatic rings. The highest BCUT2D eigenvalue weighted by molar-refractivity contribution is 7.13. The monoisotopic (exact) mass is 359 g/mol. The van der Waals surface area contributed by atoms with Gasteiger partial charge in [0.2, 0.25) is 0 Å². The molecule has 1 N–H and O–H groups in total. The van der Waals surface area contributed by atoms with Crippen LogP contribution >= 0.6 is 11.3 Å². The molecule has 2 aromatic rings. The third-order valence-electron chi connectivity index (χ3n) is 4.17. The lowest BCUT2D eigenvalue weighted by Crippen LogP contribution is -2.29. The van der Waals surface area contributed by atoms with Crippen LogP contribution in [0.5, 0.6) is 0 Å². The predicted molar refractivity (Wildman–Crippen MR) is 97.0 cm³/mol. The third kappa shape index (κ3) is 4.64. The number of carbonyl (C=O) groups is 2. The standard InChI is InChI=1S/C18H21N3O3S/c1-24-17(23)14-7-5-13(6-8-14)16(22)20-18-19-15(12-25-18)11-21-9-3-2-4-10-21/h5-8,12H,2-4,9-11H2,1H3,(H,19,20,22). The number of likely N-dealkylation sites (tertiary alicyclic amines) is 1. The Labute approximate surface area is 150 Å². The molecule has 1 amide bonds. The van der Waals surface area contributed by atoms with Crippen LogP contribution in [0.2, 0.25) is 0 Å². The minimum absolute atomic E-state index is 0.240. The number of hydrogen-bond donors (Lipinski definition) is 1. The van der Waals surface area contributed by atoms with Gasteiger partial charge in [-0.3, -0.25) is 15.0 Å². The molecule has 0 bridgehead atoms. The van der Waals surface area contributed by atoms with E-state index in [1.54, 1.807) is 24.3 Å². The highest BCUT2D eigenvalue weighted by atomic mass is 32.1. The zero-order valence-electron chi connectivity index (χ0n) is 14.2. The smallest absolute Gasteiger partial charge is 0.337 e. The van der Waals surface area contributed by atoms with Crippen LogP contribution in [0.1, 0.15) is 45.7 Å². The van der Waals surface area contributed by atoms with Gasteiger partial charge in [0.15, 0.2) is 5.13 Å². The van der Waals surface area contributed by atoms with E-state index in [1.165, 1.54) is 37.7 Å². The summed E-state index contributed by atoms with van der Waals surface area (Å²) in [7, 11) is 1.33. The van der Waals surface area contributed by atoms with Gasteiger partial charge in [0.05, 0.1) is 18.4 Å². The molecule has 1 aromatic carbocycles. The molecule has 0 saturated carbocycles. The number of amides is 1. The average Bonchev–Trinajstić information content (AvgIpc) is 3.08. The average molecular weight is 359 g/mol. The Kier molecular flexibility index (Phi) is 5.78. The Morgan fingerprint density at radius 1 is 1.16 bits per heavy atom. The van der Waals surface area contributed by atoms with Crippen molar-refractivity contribution in [1.82, 2.24) is 9.88 Å². The molecule has 25 heavy (non-hydrogen) atoms. The van der Waals surface area contributed by atoms with Crippen LogP contribution in [0.3, 0.4) is 0 Å². The van der Waals surface area contributed by atoms with Gasteiger partial charge in [-0.15, -0.1) is 11.3 Å². The summed E-state index contributed by atoms with van der Waals surface area (Å²) in [6.45, 7) is 3.07. The molecule has 2 heterocycles. The van der Waals surface area contributed by atoms with Crippen molar-refractivity contribution in [3.8, 4) is 0 Å². The number of hydrogen-bond acceptors (Lipinski definition) is 6. The fourth-order valence-electron chi connectivity index (χ4n) is 2.83. The van der Waals surface area contributed by atoms with E-state index < -0.39 is 5.97 Å². The molecule has 0 radical (unpaired) electrons. The van der Waals surface area contributed by atoms with Crippen molar-refractivity contribution in [1.29, 1.82) is 0 Å². The molecule has 1 fully saturated rings. The summed E-state index contributed by atoms with van der Waals surface area (Å²) >= 11 is 1.43. The molecule has 1 aliphatic heterocycles. The first-order valence-electron chi connectivity index (χ1n) is 8.32. The van der Waals surface area contributed by atoms with Gasteiger partial charge in [0, 0.05) is 17.5 Å². The van der Waals surface area contributed by atoms with Crippen molar-refractivity contribution < 1.29 is 14.3 Å². The predicted octanol–water partition coefficient (Wildman–Crippen LogP) is 3.17. The summed E-state index contributed by atoms with van der Waals surface area (Å²) in [4.78, 5) is 30.6. The van der Waals surface area contributed by atoms with E-state index in [4.69, 9.17) is 0 Å². The van der Waals surface area contributed by atoms with Crippen LogP contribution in [-0.2, 0) is 11.3 Å². The van der Waals surface area contributed by atoms with Crippen LogP contribution < -0.4 is 5.32 Å². The van der Waals surface area contributed by atoms with Gasteiger partial charge in [-0.25, -0.2) is 9.78 Å². The van der Waals surface area contributed by atoms with E-state index in [-0.39, 0.29) is 5.91 Å². The highest BCUT2D eigenvalue weighted by Gasteiger charge is 2.14. The van der Waals surface area contributed by atoms with Crippen LogP contribution in [-0.4, -0.2) is 42.0 Å². The summed E-state index contributed by atoms with van der Waals surface area (Å²) in [5.74, 6) is -0.662. The molecule has 132 valence electrons. The van der Waals surface area contributed by atoms with Gasteiger partial charge >= 0.3 is 5.97 Å². The molecule has 3 rings (SSSR count). The Hall–Kier alpha value is -2.25. The fraction of sp³-hybridized carbons (Fsp3) is 0.389. The number of aromatic nitrogens is 1. The van der Waals surface area contributed by atoms with Crippen LogP contribution in [0.15, 0.2) is 29.6 Å². The molecular weight excluding hydrogens is 338 g/mol. The zero-order valence-corrected chi connectivity index (χ0v) is 15.0. The van der Waals surface area contributed by atoms with E-state index in [0.717, 1.165) is 25.3 Å². The molecule has 0 aliphatic carbocycles. The highest BCUT2D eigenvalue weighted by Crippen LogP contribution is 2.19. The van der Waals surface area contributed by atoms with Gasteiger partial charge in [-0.1, -0.05) is 6.42 Å². The number of esters is 1. The first-order valence-corrected chi connectivity index (χ1v) is 9.20. The first kappa shape index (κ1) is 17.6. The number of rotatable bonds is 5. The van der Waals surface area contributed by atoms with Gasteiger partial charge in [-0.2, -0.15) is 0 Å². The molecule has 6 nitrogen and oxygen atoms in total. The molecule has 1 saturated heterocycles. The van der Waals surface area contributed by atoms with Crippen molar-refractivity contribution >= 4 is 28.3 Å². The molecule has 7 heteroatoms. The second-order valence-corrected chi connectivity index (χ2v) is 6.86. The number of piperidine rings is 1. The lowest BCUT2D eigenvalue weighted by atomic mass is 10.1. The topological polar surface area (TPSA) is 71.5 Å². The molecule has 0 spiro atoms. The number of thiazole rings is 1. The van der Waals surface area contributed by atoms with Crippen molar-refractivity contribution in [2.24, 2.45) is 0 Å². The number of benzene rings is 1. The lowest BCUT2D eigenvalue weighted by Gasteiger charge is -2.25. The van der Waals surface area contributed by atoms with Crippen molar-refractivity contribution in [2.45, 2.75) is 25.8 Å². The molecule has 0 atom stereocenters. The Balaban J connectivity index is 1.58. The summed E-state index contributed by atoms with van der Waals surface area (Å²) in [5.41, 5.74) is 1.88. The Morgan fingerprint density at radius 2 is 1.84 bits per heavy atom. The minimum Gasteiger partial charge on any atom is -0.465 e. The summed E-state index contributed by atoms with van der Waals surface area (Å²) in [6.07, 6.45) is 3.80. The summed E-state index contributed by atoms with van der Waals surface area (Å²) in [5, 5.41) is 5.39. The van der Waals surface area contributed by atoms with E-state index in [9.17, 15) is 9.59 Å². The molecule has 0 unspecified atom stereocenters. The Bertz CT molecular complexity index is 736. The van der Waals surface area contributed by atoms with Gasteiger partial charge < -0.3 is 4.74 Å². The van der Waals surface area contributed by atoms with Crippen LogP contribution in [0, 0.1) is 0 Å². The maximum Gasteiger partial charge on any atom is 0.337 e. The van der Waals surface area contributed by atoms with Crippen LogP contribution in [0.4, 0.5) is 5.13 Å². The quantitative estimate of drug-likeness (QED) is 0.830. The van der Waals surface area contributed by atoms with Crippen LogP contribution in [0.25, 0.3) is 0 Å². The van der Waals surface area contributed by atoms with E-state index in [2.05, 4.69) is 19.9 Å². The van der Waals surface area contributed by atoms with Gasteiger partial charge in [0.25, 0.3) is 5.91 Å². The van der Waals surface area contributed by atoms with E-state index in [0.29, 0.717) is 16.3 Å². The zero-order chi connectivity index (χ0) is 17.6. The SMILES string of the molecule is COC(=O)c1ccc(C(=O)Nc2nc(CN3CCCCC3)cs2)cc1. The lowest BCUT2D eigenvalue weighted by molar-refractivity contribution is 0.0600. The number of anilines is 1. The van der Waals surface area contributed by atoms with Crippen molar-refractivity contribution in [3.63, 3.8) is 0 Å². The minimum atomic E-state index is -0.422. The Morgan fingerprint density at radius 3 is 2.52 bits per heavy atom. The van der Waals surface area contributed by atoms with Gasteiger partial charge in [-0.05, 0) is 50.2 Å². The third-order valence-corrected chi connectivity index (χ3v) is 4.98. The van der Waals surface area contributed by atoms with Gasteiger partial charge in [0.1, 0.15) is 0 Å². The summed E-state index contributed by atoms with van der Waals surface area (Å²) in [6, 6.07) is 6.35. The van der Waals surface area contributed by atoms with Crippen molar-refractivity contribution in [2.75, 3.05) is 25.5 Å². The number of nitrogens with zero attached hydrogens (tertiary/aromatic N) is 2. The largest absolute Gasteiger partial charge is 0.465 e. The summed E-state index contributed by atoms with van der Waals surface area (Å²) < 4.78 is 4.65. The molecule has 1 aromatic heterocycles. The maximum atomic E-state index is 12.3. The number of ether oxygens (including phenoxy) is 1. The number of nitrogens with one attached hydrogen (secondary N) is 1. The number of carbonyl (C=O) groups excluding carboxylic acids is 2. The van der Waals surface area contributed by atoms with E-state index in [1.807, 2.05) is 5.38 Å². The van der Waals surface area contributed by atoms with E-state index >= 15 is 0 Å². The molecular formula is C18H21N3O3S. The number of methoxy groups -OCH3 is 1. The maximum absolute atomic E-state index is 12.3.